The second-order valence-electron chi connectivity index (χ2n) is 4.77. The monoisotopic (exact) mass is 335 g/mol. The Morgan fingerprint density at radius 3 is 2.70 bits per heavy atom. The molecule has 0 aliphatic heterocycles. The van der Waals surface area contributed by atoms with Crippen LogP contribution in [0.1, 0.15) is 24.5 Å². The molecular formula is C13H14BrN5O. The van der Waals surface area contributed by atoms with Crippen molar-refractivity contribution < 1.29 is 0 Å². The van der Waals surface area contributed by atoms with Gasteiger partial charge in [0.2, 0.25) is 5.95 Å². The second kappa shape index (κ2) is 5.70. The number of anilines is 1. The Bertz CT molecular complexity index is 651. The van der Waals surface area contributed by atoms with Crippen molar-refractivity contribution in [3.63, 3.8) is 0 Å². The van der Waals surface area contributed by atoms with Crippen LogP contribution in [0.3, 0.4) is 0 Å². The SMILES string of the molecule is O=c1cc(C2CC2)ncn1CCNc1ncc(Br)cn1. The van der Waals surface area contributed by atoms with Gasteiger partial charge in [-0.25, -0.2) is 15.0 Å². The number of hydrogen-bond acceptors (Lipinski definition) is 5. The fourth-order valence-corrected chi connectivity index (χ4v) is 2.11. The molecule has 6 nitrogen and oxygen atoms in total. The fraction of sp³-hybridized carbons (Fsp3) is 0.385. The highest BCUT2D eigenvalue weighted by molar-refractivity contribution is 9.10. The van der Waals surface area contributed by atoms with Crippen LogP contribution in [-0.4, -0.2) is 26.1 Å². The van der Waals surface area contributed by atoms with E-state index in [1.807, 2.05) is 0 Å². The van der Waals surface area contributed by atoms with Crippen LogP contribution < -0.4 is 10.9 Å². The molecule has 0 radical (unpaired) electrons. The summed E-state index contributed by atoms with van der Waals surface area (Å²) in [6.45, 7) is 1.11. The third-order valence-corrected chi connectivity index (χ3v) is 3.56. The van der Waals surface area contributed by atoms with E-state index in [4.69, 9.17) is 0 Å². The first kappa shape index (κ1) is 13.2. The van der Waals surface area contributed by atoms with Gasteiger partial charge in [-0.3, -0.25) is 9.36 Å². The first-order valence-corrected chi connectivity index (χ1v) is 7.29. The van der Waals surface area contributed by atoms with Crippen molar-refractivity contribution in [1.29, 1.82) is 0 Å². The van der Waals surface area contributed by atoms with Gasteiger partial charge in [-0.1, -0.05) is 0 Å². The number of halogens is 1. The molecule has 2 aromatic heterocycles. The Morgan fingerprint density at radius 2 is 2.05 bits per heavy atom. The summed E-state index contributed by atoms with van der Waals surface area (Å²) in [7, 11) is 0. The van der Waals surface area contributed by atoms with E-state index in [2.05, 4.69) is 36.2 Å². The minimum Gasteiger partial charge on any atom is -0.352 e. The summed E-state index contributed by atoms with van der Waals surface area (Å²) in [6.07, 6.45) is 7.28. The van der Waals surface area contributed by atoms with Crippen LogP contribution in [0, 0.1) is 0 Å². The first-order chi connectivity index (χ1) is 9.72. The number of nitrogens with zero attached hydrogens (tertiary/aromatic N) is 4. The fourth-order valence-electron chi connectivity index (χ4n) is 1.90. The summed E-state index contributed by atoms with van der Waals surface area (Å²) >= 11 is 3.28. The molecule has 0 spiro atoms. The van der Waals surface area contributed by atoms with Gasteiger partial charge in [0.15, 0.2) is 0 Å². The molecule has 1 aliphatic carbocycles. The van der Waals surface area contributed by atoms with Crippen LogP contribution >= 0.6 is 15.9 Å². The summed E-state index contributed by atoms with van der Waals surface area (Å²) < 4.78 is 2.43. The smallest absolute Gasteiger partial charge is 0.253 e. The molecule has 2 aromatic rings. The lowest BCUT2D eigenvalue weighted by Crippen LogP contribution is -2.24. The molecule has 0 atom stereocenters. The molecule has 0 aromatic carbocycles. The van der Waals surface area contributed by atoms with E-state index in [0.29, 0.717) is 25.0 Å². The molecule has 0 amide bonds. The highest BCUT2D eigenvalue weighted by Crippen LogP contribution is 2.38. The van der Waals surface area contributed by atoms with Gasteiger partial charge >= 0.3 is 0 Å². The van der Waals surface area contributed by atoms with E-state index in [1.54, 1.807) is 29.4 Å². The van der Waals surface area contributed by atoms with Crippen molar-refractivity contribution in [2.24, 2.45) is 0 Å². The van der Waals surface area contributed by atoms with Gasteiger partial charge in [0, 0.05) is 37.5 Å². The van der Waals surface area contributed by atoms with Crippen molar-refractivity contribution in [3.8, 4) is 0 Å². The Balaban J connectivity index is 1.58. The third kappa shape index (κ3) is 3.22. The zero-order valence-electron chi connectivity index (χ0n) is 10.8. The Morgan fingerprint density at radius 1 is 1.30 bits per heavy atom. The normalized spacial score (nSPS) is 14.2. The molecule has 0 unspecified atom stereocenters. The lowest BCUT2D eigenvalue weighted by molar-refractivity contribution is 0.670. The van der Waals surface area contributed by atoms with Gasteiger partial charge in [-0.05, 0) is 28.8 Å². The number of nitrogens with one attached hydrogen (secondary N) is 1. The quantitative estimate of drug-likeness (QED) is 0.901. The average molecular weight is 336 g/mol. The highest BCUT2D eigenvalue weighted by atomic mass is 79.9. The average Bonchev–Trinajstić information content (AvgIpc) is 3.27. The summed E-state index contributed by atoms with van der Waals surface area (Å²) in [4.78, 5) is 24.5. The summed E-state index contributed by atoms with van der Waals surface area (Å²) in [6, 6.07) is 1.65. The van der Waals surface area contributed by atoms with Crippen molar-refractivity contribution in [2.45, 2.75) is 25.3 Å². The van der Waals surface area contributed by atoms with E-state index < -0.39 is 0 Å². The molecule has 7 heteroatoms. The zero-order valence-corrected chi connectivity index (χ0v) is 12.4. The second-order valence-corrected chi connectivity index (χ2v) is 5.69. The van der Waals surface area contributed by atoms with Gasteiger partial charge in [0.25, 0.3) is 5.56 Å². The number of aromatic nitrogens is 4. The van der Waals surface area contributed by atoms with Crippen LogP contribution in [0.4, 0.5) is 5.95 Å². The predicted molar refractivity (Wildman–Crippen MR) is 78.7 cm³/mol. The van der Waals surface area contributed by atoms with Crippen molar-refractivity contribution in [1.82, 2.24) is 19.5 Å². The number of hydrogen-bond donors (Lipinski definition) is 1. The molecule has 2 heterocycles. The minimum atomic E-state index is 0.000393. The van der Waals surface area contributed by atoms with Gasteiger partial charge < -0.3 is 5.32 Å². The molecule has 104 valence electrons. The maximum atomic E-state index is 11.9. The van der Waals surface area contributed by atoms with Crippen molar-refractivity contribution in [2.75, 3.05) is 11.9 Å². The topological polar surface area (TPSA) is 72.7 Å². The van der Waals surface area contributed by atoms with Crippen LogP contribution in [0.25, 0.3) is 0 Å². The Hall–Kier alpha value is -1.76. The first-order valence-electron chi connectivity index (χ1n) is 6.50. The molecule has 1 fully saturated rings. The summed E-state index contributed by atoms with van der Waals surface area (Å²) in [5.41, 5.74) is 0.927. The van der Waals surface area contributed by atoms with Crippen molar-refractivity contribution in [3.05, 3.63) is 45.3 Å². The Labute approximate surface area is 124 Å². The van der Waals surface area contributed by atoms with Gasteiger partial charge in [-0.2, -0.15) is 0 Å². The van der Waals surface area contributed by atoms with Gasteiger partial charge in [-0.15, -0.1) is 0 Å². The van der Waals surface area contributed by atoms with E-state index in [-0.39, 0.29) is 5.56 Å². The molecule has 1 saturated carbocycles. The van der Waals surface area contributed by atoms with Crippen LogP contribution in [0.2, 0.25) is 0 Å². The van der Waals surface area contributed by atoms with Crippen molar-refractivity contribution >= 4 is 21.9 Å². The Kier molecular flexibility index (Phi) is 3.77. The molecule has 1 N–H and O–H groups in total. The lowest BCUT2D eigenvalue weighted by Gasteiger charge is -2.07. The van der Waals surface area contributed by atoms with Crippen LogP contribution in [-0.2, 0) is 6.54 Å². The maximum absolute atomic E-state index is 11.9. The minimum absolute atomic E-state index is 0.000393. The third-order valence-electron chi connectivity index (χ3n) is 3.15. The molecule has 20 heavy (non-hydrogen) atoms. The van der Waals surface area contributed by atoms with E-state index in [1.165, 1.54) is 0 Å². The molecule has 3 rings (SSSR count). The highest BCUT2D eigenvalue weighted by Gasteiger charge is 2.25. The van der Waals surface area contributed by atoms with Gasteiger partial charge in [0.1, 0.15) is 0 Å². The standard InChI is InChI=1S/C13H14BrN5O/c14-10-6-16-13(17-7-10)15-3-4-19-8-18-11(5-12(19)20)9-1-2-9/h5-9H,1-4H2,(H,15,16,17). The molecular weight excluding hydrogens is 322 g/mol. The largest absolute Gasteiger partial charge is 0.352 e. The molecule has 0 bridgehead atoms. The van der Waals surface area contributed by atoms with Crippen LogP contribution in [0.15, 0.2) is 34.1 Å². The zero-order chi connectivity index (χ0) is 13.9. The van der Waals surface area contributed by atoms with E-state index in [0.717, 1.165) is 23.0 Å². The van der Waals surface area contributed by atoms with E-state index >= 15 is 0 Å². The number of rotatable bonds is 5. The van der Waals surface area contributed by atoms with E-state index in [9.17, 15) is 4.79 Å². The predicted octanol–water partition coefficient (Wildman–Crippen LogP) is 1.79. The van der Waals surface area contributed by atoms with Crippen LogP contribution in [0.5, 0.6) is 0 Å². The van der Waals surface area contributed by atoms with Gasteiger partial charge in [0.05, 0.1) is 16.5 Å². The lowest BCUT2D eigenvalue weighted by atomic mass is 10.3. The maximum Gasteiger partial charge on any atom is 0.253 e. The summed E-state index contributed by atoms with van der Waals surface area (Å²) in [5, 5.41) is 3.07. The summed E-state index contributed by atoms with van der Waals surface area (Å²) in [5.74, 6) is 1.05. The molecule has 1 aliphatic rings. The molecule has 0 saturated heterocycles.